The molecule has 0 atom stereocenters. The number of carbonyl (C=O) groups is 1. The van der Waals surface area contributed by atoms with Crippen molar-refractivity contribution < 1.29 is 18.7 Å². The average Bonchev–Trinajstić information content (AvgIpc) is 2.81. The Morgan fingerprint density at radius 2 is 1.48 bits per heavy atom. The highest BCUT2D eigenvalue weighted by molar-refractivity contribution is 5.91. The van der Waals surface area contributed by atoms with E-state index in [-0.39, 0.29) is 16.9 Å². The number of benzene rings is 4. The predicted molar refractivity (Wildman–Crippen MR) is 118 cm³/mol. The zero-order valence-corrected chi connectivity index (χ0v) is 16.3. The Balaban J connectivity index is 1.42. The van der Waals surface area contributed by atoms with Gasteiger partial charge in [-0.15, -0.1) is 0 Å². The Morgan fingerprint density at radius 3 is 2.32 bits per heavy atom. The van der Waals surface area contributed by atoms with E-state index in [4.69, 9.17) is 13.9 Å². The Bertz CT molecular complexity index is 1470. The Kier molecular flexibility index (Phi) is 4.69. The molecule has 5 heteroatoms. The summed E-state index contributed by atoms with van der Waals surface area (Å²) in [6, 6.07) is 26.8. The number of esters is 1. The van der Waals surface area contributed by atoms with E-state index in [0.29, 0.717) is 22.3 Å². The van der Waals surface area contributed by atoms with E-state index in [1.807, 2.05) is 42.5 Å². The fraction of sp³-hybridized carbons (Fsp3) is 0. The molecule has 0 aliphatic carbocycles. The molecule has 5 rings (SSSR count). The fourth-order valence-electron chi connectivity index (χ4n) is 3.32. The molecule has 0 saturated heterocycles. The Morgan fingerprint density at radius 1 is 0.742 bits per heavy atom. The van der Waals surface area contributed by atoms with Crippen LogP contribution in [0.1, 0.15) is 10.4 Å². The highest BCUT2D eigenvalue weighted by atomic mass is 16.5. The van der Waals surface area contributed by atoms with Gasteiger partial charge in [0.05, 0.1) is 10.9 Å². The van der Waals surface area contributed by atoms with Crippen LogP contribution < -0.4 is 14.9 Å². The number of rotatable bonds is 4. The summed E-state index contributed by atoms with van der Waals surface area (Å²) in [5.74, 6) is 0.418. The van der Waals surface area contributed by atoms with Crippen molar-refractivity contribution >= 4 is 27.7 Å². The third-order valence-electron chi connectivity index (χ3n) is 4.88. The zero-order valence-electron chi connectivity index (χ0n) is 16.3. The molecule has 0 amide bonds. The van der Waals surface area contributed by atoms with Crippen molar-refractivity contribution in [3.05, 3.63) is 113 Å². The van der Waals surface area contributed by atoms with Gasteiger partial charge in [0.2, 0.25) is 11.2 Å². The molecule has 0 saturated carbocycles. The molecular weight excluding hydrogens is 392 g/mol. The van der Waals surface area contributed by atoms with Crippen molar-refractivity contribution in [3.8, 4) is 17.2 Å². The highest BCUT2D eigenvalue weighted by Crippen LogP contribution is 2.27. The number of carbonyl (C=O) groups excluding carboxylic acids is 1. The second-order valence-corrected chi connectivity index (χ2v) is 6.95. The summed E-state index contributed by atoms with van der Waals surface area (Å²) in [7, 11) is 0. The standard InChI is InChI=1S/C26H16O5/c27-25-22-13-12-21(31-26(28)18-7-2-1-3-8-18)15-23(22)29-16-24(25)30-20-11-10-17-6-4-5-9-19(17)14-20/h1-16H. The van der Waals surface area contributed by atoms with Gasteiger partial charge in [-0.25, -0.2) is 4.79 Å². The second kappa shape index (κ2) is 7.80. The maximum Gasteiger partial charge on any atom is 0.343 e. The van der Waals surface area contributed by atoms with Gasteiger partial charge in [-0.05, 0) is 47.2 Å². The van der Waals surface area contributed by atoms with E-state index in [9.17, 15) is 9.59 Å². The van der Waals surface area contributed by atoms with Crippen molar-refractivity contribution in [3.63, 3.8) is 0 Å². The minimum Gasteiger partial charge on any atom is -0.460 e. The van der Waals surface area contributed by atoms with Gasteiger partial charge in [-0.3, -0.25) is 4.79 Å². The summed E-state index contributed by atoms with van der Waals surface area (Å²) in [4.78, 5) is 25.1. The van der Waals surface area contributed by atoms with E-state index in [1.165, 1.54) is 12.3 Å². The number of ether oxygens (including phenoxy) is 2. The molecule has 5 aromatic rings. The first-order valence-electron chi connectivity index (χ1n) is 9.67. The zero-order chi connectivity index (χ0) is 21.2. The summed E-state index contributed by atoms with van der Waals surface area (Å²) < 4.78 is 16.8. The van der Waals surface area contributed by atoms with Crippen molar-refractivity contribution in [1.82, 2.24) is 0 Å². The molecule has 4 aromatic carbocycles. The highest BCUT2D eigenvalue weighted by Gasteiger charge is 2.13. The average molecular weight is 408 g/mol. The van der Waals surface area contributed by atoms with Crippen molar-refractivity contribution in [2.24, 2.45) is 0 Å². The Labute approximate surface area is 177 Å². The summed E-state index contributed by atoms with van der Waals surface area (Å²) in [6.45, 7) is 0. The number of hydrogen-bond donors (Lipinski definition) is 0. The molecule has 5 nitrogen and oxygen atoms in total. The van der Waals surface area contributed by atoms with Crippen LogP contribution in [-0.2, 0) is 0 Å². The smallest absolute Gasteiger partial charge is 0.343 e. The molecule has 0 bridgehead atoms. The van der Waals surface area contributed by atoms with E-state index < -0.39 is 5.97 Å². The SMILES string of the molecule is O=C(Oc1ccc2c(=O)c(Oc3ccc4ccccc4c3)coc2c1)c1ccccc1. The maximum atomic E-state index is 12.9. The summed E-state index contributed by atoms with van der Waals surface area (Å²) in [6.07, 6.45) is 1.27. The number of hydrogen-bond acceptors (Lipinski definition) is 5. The van der Waals surface area contributed by atoms with Crippen LogP contribution in [0.2, 0.25) is 0 Å². The first-order valence-corrected chi connectivity index (χ1v) is 9.67. The van der Waals surface area contributed by atoms with Gasteiger partial charge < -0.3 is 13.9 Å². The lowest BCUT2D eigenvalue weighted by molar-refractivity contribution is 0.0735. The largest absolute Gasteiger partial charge is 0.460 e. The third-order valence-corrected chi connectivity index (χ3v) is 4.88. The molecule has 1 heterocycles. The molecule has 0 unspecified atom stereocenters. The van der Waals surface area contributed by atoms with Gasteiger partial charge in [0, 0.05) is 6.07 Å². The van der Waals surface area contributed by atoms with E-state index >= 15 is 0 Å². The third kappa shape index (κ3) is 3.76. The molecule has 0 aliphatic heterocycles. The molecule has 0 N–H and O–H groups in total. The molecule has 0 radical (unpaired) electrons. The van der Waals surface area contributed by atoms with Crippen molar-refractivity contribution in [2.75, 3.05) is 0 Å². The molecule has 0 fully saturated rings. The minimum atomic E-state index is -0.487. The van der Waals surface area contributed by atoms with E-state index in [2.05, 4.69) is 0 Å². The van der Waals surface area contributed by atoms with Gasteiger partial charge in [0.1, 0.15) is 23.3 Å². The van der Waals surface area contributed by atoms with Crippen molar-refractivity contribution in [2.45, 2.75) is 0 Å². The lowest BCUT2D eigenvalue weighted by Crippen LogP contribution is -2.09. The van der Waals surface area contributed by atoms with E-state index in [0.717, 1.165) is 10.8 Å². The van der Waals surface area contributed by atoms with Crippen molar-refractivity contribution in [1.29, 1.82) is 0 Å². The van der Waals surface area contributed by atoms with Crippen LogP contribution in [0.15, 0.2) is 106 Å². The first-order chi connectivity index (χ1) is 15.2. The summed E-state index contributed by atoms with van der Waals surface area (Å²) >= 11 is 0. The molecular formula is C26H16O5. The van der Waals surface area contributed by atoms with Gasteiger partial charge in [0.25, 0.3) is 0 Å². The Hall–Kier alpha value is -4.38. The van der Waals surface area contributed by atoms with Gasteiger partial charge in [0.15, 0.2) is 0 Å². The topological polar surface area (TPSA) is 65.7 Å². The second-order valence-electron chi connectivity index (χ2n) is 6.95. The maximum absolute atomic E-state index is 12.9. The van der Waals surface area contributed by atoms with Crippen LogP contribution in [0, 0.1) is 0 Å². The quantitative estimate of drug-likeness (QED) is 0.271. The van der Waals surface area contributed by atoms with Crippen LogP contribution in [0.4, 0.5) is 0 Å². The van der Waals surface area contributed by atoms with Crippen LogP contribution in [-0.4, -0.2) is 5.97 Å². The predicted octanol–water partition coefficient (Wildman–Crippen LogP) is 5.96. The van der Waals surface area contributed by atoms with Crippen LogP contribution in [0.5, 0.6) is 17.2 Å². The molecule has 31 heavy (non-hydrogen) atoms. The molecule has 150 valence electrons. The van der Waals surface area contributed by atoms with Crippen LogP contribution in [0.3, 0.4) is 0 Å². The molecule has 0 spiro atoms. The van der Waals surface area contributed by atoms with Crippen LogP contribution >= 0.6 is 0 Å². The van der Waals surface area contributed by atoms with Gasteiger partial charge in [-0.2, -0.15) is 0 Å². The summed E-state index contributed by atoms with van der Waals surface area (Å²) in [5, 5.41) is 2.42. The minimum absolute atomic E-state index is 0.0804. The van der Waals surface area contributed by atoms with E-state index in [1.54, 1.807) is 42.5 Å². The fourth-order valence-corrected chi connectivity index (χ4v) is 3.32. The monoisotopic (exact) mass is 408 g/mol. The number of fused-ring (bicyclic) bond motifs is 2. The first kappa shape index (κ1) is 18.6. The molecule has 1 aromatic heterocycles. The lowest BCUT2D eigenvalue weighted by atomic mass is 10.1. The molecule has 0 aliphatic rings. The van der Waals surface area contributed by atoms with Gasteiger partial charge >= 0.3 is 5.97 Å². The lowest BCUT2D eigenvalue weighted by Gasteiger charge is -2.08. The summed E-state index contributed by atoms with van der Waals surface area (Å²) in [5.41, 5.74) is 0.424. The normalized spacial score (nSPS) is 10.8. The van der Waals surface area contributed by atoms with Gasteiger partial charge in [-0.1, -0.05) is 48.5 Å². The van der Waals surface area contributed by atoms with Crippen LogP contribution in [0.25, 0.3) is 21.7 Å².